The summed E-state index contributed by atoms with van der Waals surface area (Å²) in [4.78, 5) is 2.21. The Morgan fingerprint density at radius 2 is 2.23 bits per heavy atom. The standard InChI is InChI=1S/C10H22N2O/c1-3-5-6-7-12(4-2)9-10(13)8-11/h3,5,10,13H,4,6-9,11H2,1-2H3/b5-3-. The normalized spacial score (nSPS) is 14.2. The first-order valence-corrected chi connectivity index (χ1v) is 4.96. The van der Waals surface area contributed by atoms with Gasteiger partial charge in [-0.2, -0.15) is 0 Å². The van der Waals surface area contributed by atoms with E-state index in [1.165, 1.54) is 0 Å². The van der Waals surface area contributed by atoms with Gasteiger partial charge in [0.25, 0.3) is 0 Å². The fourth-order valence-electron chi connectivity index (χ4n) is 1.17. The van der Waals surface area contributed by atoms with Gasteiger partial charge in [0.05, 0.1) is 6.10 Å². The zero-order chi connectivity index (χ0) is 10.1. The SMILES string of the molecule is C/C=C\CCN(CC)CC(O)CN. The highest BCUT2D eigenvalue weighted by Crippen LogP contribution is 1.94. The molecule has 3 heteroatoms. The Bertz CT molecular complexity index is 137. The van der Waals surface area contributed by atoms with Gasteiger partial charge in [-0.05, 0) is 19.9 Å². The van der Waals surface area contributed by atoms with Gasteiger partial charge >= 0.3 is 0 Å². The minimum Gasteiger partial charge on any atom is -0.390 e. The van der Waals surface area contributed by atoms with E-state index >= 15 is 0 Å². The third-order valence-corrected chi connectivity index (χ3v) is 2.04. The molecule has 0 aliphatic heterocycles. The number of nitrogens with zero attached hydrogens (tertiary/aromatic N) is 1. The van der Waals surface area contributed by atoms with Crippen molar-refractivity contribution in [2.45, 2.75) is 26.4 Å². The summed E-state index contributed by atoms with van der Waals surface area (Å²) in [5.74, 6) is 0. The van der Waals surface area contributed by atoms with Crippen LogP contribution in [-0.2, 0) is 0 Å². The maximum Gasteiger partial charge on any atom is 0.0789 e. The molecule has 0 amide bonds. The first kappa shape index (κ1) is 12.6. The number of rotatable bonds is 7. The fraction of sp³-hybridized carbons (Fsp3) is 0.800. The molecule has 0 aromatic heterocycles. The van der Waals surface area contributed by atoms with Crippen LogP contribution in [0.25, 0.3) is 0 Å². The van der Waals surface area contributed by atoms with Gasteiger partial charge in [-0.25, -0.2) is 0 Å². The quantitative estimate of drug-likeness (QED) is 0.572. The van der Waals surface area contributed by atoms with Crippen LogP contribution < -0.4 is 5.73 Å². The number of hydrogen-bond donors (Lipinski definition) is 2. The average Bonchev–Trinajstić information content (AvgIpc) is 2.16. The molecule has 78 valence electrons. The lowest BCUT2D eigenvalue weighted by Gasteiger charge is -2.22. The third kappa shape index (κ3) is 6.75. The van der Waals surface area contributed by atoms with E-state index in [-0.39, 0.29) is 6.10 Å². The molecular weight excluding hydrogens is 164 g/mol. The summed E-state index contributed by atoms with van der Waals surface area (Å²) < 4.78 is 0. The van der Waals surface area contributed by atoms with Gasteiger partial charge in [0.15, 0.2) is 0 Å². The van der Waals surface area contributed by atoms with Gasteiger partial charge < -0.3 is 15.7 Å². The Balaban J connectivity index is 3.62. The van der Waals surface area contributed by atoms with Crippen molar-refractivity contribution in [1.29, 1.82) is 0 Å². The van der Waals surface area contributed by atoms with Crippen LogP contribution in [-0.4, -0.2) is 42.3 Å². The largest absolute Gasteiger partial charge is 0.390 e. The maximum absolute atomic E-state index is 9.33. The fourth-order valence-corrected chi connectivity index (χ4v) is 1.17. The third-order valence-electron chi connectivity index (χ3n) is 2.04. The summed E-state index contributed by atoms with van der Waals surface area (Å²) in [5, 5.41) is 9.33. The zero-order valence-electron chi connectivity index (χ0n) is 8.74. The molecule has 0 bridgehead atoms. The molecule has 0 rings (SSSR count). The predicted molar refractivity (Wildman–Crippen MR) is 56.6 cm³/mol. The molecule has 0 saturated carbocycles. The van der Waals surface area contributed by atoms with Gasteiger partial charge in [-0.1, -0.05) is 19.1 Å². The first-order valence-electron chi connectivity index (χ1n) is 4.96. The lowest BCUT2D eigenvalue weighted by Crippen LogP contribution is -2.36. The number of nitrogens with two attached hydrogens (primary N) is 1. The predicted octanol–water partition coefficient (Wildman–Crippen LogP) is 0.594. The Morgan fingerprint density at radius 1 is 1.54 bits per heavy atom. The van der Waals surface area contributed by atoms with Crippen molar-refractivity contribution in [3.05, 3.63) is 12.2 Å². The highest BCUT2D eigenvalue weighted by atomic mass is 16.3. The van der Waals surface area contributed by atoms with Crippen molar-refractivity contribution in [3.63, 3.8) is 0 Å². The van der Waals surface area contributed by atoms with E-state index in [1.807, 2.05) is 13.0 Å². The first-order chi connectivity index (χ1) is 6.24. The lowest BCUT2D eigenvalue weighted by atomic mass is 10.3. The van der Waals surface area contributed by atoms with E-state index in [0.717, 1.165) is 19.5 Å². The molecule has 0 radical (unpaired) electrons. The van der Waals surface area contributed by atoms with Crippen LogP contribution in [0.1, 0.15) is 20.3 Å². The molecule has 3 nitrogen and oxygen atoms in total. The highest BCUT2D eigenvalue weighted by molar-refractivity contribution is 4.78. The van der Waals surface area contributed by atoms with Crippen LogP contribution in [0.15, 0.2) is 12.2 Å². The zero-order valence-corrected chi connectivity index (χ0v) is 8.74. The van der Waals surface area contributed by atoms with E-state index in [0.29, 0.717) is 13.1 Å². The Labute approximate surface area is 81.2 Å². The van der Waals surface area contributed by atoms with Gasteiger partial charge in [0.1, 0.15) is 0 Å². The summed E-state index contributed by atoms with van der Waals surface area (Å²) in [6.45, 7) is 7.11. The second kappa shape index (κ2) is 8.23. The highest BCUT2D eigenvalue weighted by Gasteiger charge is 2.06. The van der Waals surface area contributed by atoms with Gasteiger partial charge in [0.2, 0.25) is 0 Å². The van der Waals surface area contributed by atoms with Crippen molar-refractivity contribution in [2.75, 3.05) is 26.2 Å². The van der Waals surface area contributed by atoms with Crippen molar-refractivity contribution in [1.82, 2.24) is 4.90 Å². The van der Waals surface area contributed by atoms with Crippen LogP contribution in [0.2, 0.25) is 0 Å². The molecular formula is C10H22N2O. The molecule has 0 aromatic carbocycles. The summed E-state index contributed by atoms with van der Waals surface area (Å²) in [7, 11) is 0. The van der Waals surface area contributed by atoms with E-state index in [2.05, 4.69) is 17.9 Å². The van der Waals surface area contributed by atoms with E-state index < -0.39 is 0 Å². The molecule has 3 N–H and O–H groups in total. The number of likely N-dealkylation sites (N-methyl/N-ethyl adjacent to an activating group) is 1. The van der Waals surface area contributed by atoms with Crippen molar-refractivity contribution in [2.24, 2.45) is 5.73 Å². The van der Waals surface area contributed by atoms with Crippen molar-refractivity contribution in [3.8, 4) is 0 Å². The van der Waals surface area contributed by atoms with Crippen molar-refractivity contribution < 1.29 is 5.11 Å². The number of hydrogen-bond acceptors (Lipinski definition) is 3. The van der Waals surface area contributed by atoms with Crippen LogP contribution in [0, 0.1) is 0 Å². The molecule has 0 aromatic rings. The average molecular weight is 186 g/mol. The molecule has 0 spiro atoms. The van der Waals surface area contributed by atoms with Crippen LogP contribution >= 0.6 is 0 Å². The summed E-state index contributed by atoms with van der Waals surface area (Å²) >= 11 is 0. The van der Waals surface area contributed by atoms with Crippen molar-refractivity contribution >= 4 is 0 Å². The molecule has 0 fully saturated rings. The molecule has 0 aliphatic carbocycles. The smallest absolute Gasteiger partial charge is 0.0789 e. The second-order valence-electron chi connectivity index (χ2n) is 3.14. The Kier molecular flexibility index (Phi) is 7.99. The van der Waals surface area contributed by atoms with E-state index in [1.54, 1.807) is 0 Å². The van der Waals surface area contributed by atoms with E-state index in [4.69, 9.17) is 5.73 Å². The maximum atomic E-state index is 9.33. The molecule has 0 saturated heterocycles. The van der Waals surface area contributed by atoms with Crippen LogP contribution in [0.3, 0.4) is 0 Å². The number of aliphatic hydroxyl groups is 1. The molecule has 1 unspecified atom stereocenters. The van der Waals surface area contributed by atoms with Gasteiger partial charge in [-0.15, -0.1) is 0 Å². The summed E-state index contributed by atoms with van der Waals surface area (Å²) in [6.07, 6.45) is 4.84. The second-order valence-corrected chi connectivity index (χ2v) is 3.14. The van der Waals surface area contributed by atoms with E-state index in [9.17, 15) is 5.11 Å². The Hall–Kier alpha value is -0.380. The minimum atomic E-state index is -0.384. The number of allylic oxidation sites excluding steroid dienone is 1. The molecule has 0 aliphatic rings. The topological polar surface area (TPSA) is 49.5 Å². The lowest BCUT2D eigenvalue weighted by molar-refractivity contribution is 0.122. The molecule has 1 atom stereocenters. The minimum absolute atomic E-state index is 0.347. The van der Waals surface area contributed by atoms with Gasteiger partial charge in [0, 0.05) is 19.6 Å². The summed E-state index contributed by atoms with van der Waals surface area (Å²) in [6, 6.07) is 0. The van der Waals surface area contributed by atoms with Crippen LogP contribution in [0.5, 0.6) is 0 Å². The molecule has 13 heavy (non-hydrogen) atoms. The monoisotopic (exact) mass is 186 g/mol. The van der Waals surface area contributed by atoms with Crippen LogP contribution in [0.4, 0.5) is 0 Å². The summed E-state index contributed by atoms with van der Waals surface area (Å²) in [5.41, 5.74) is 5.34. The Morgan fingerprint density at radius 3 is 2.69 bits per heavy atom. The molecule has 0 heterocycles. The van der Waals surface area contributed by atoms with Gasteiger partial charge in [-0.3, -0.25) is 0 Å². The number of aliphatic hydroxyl groups excluding tert-OH is 1.